The summed E-state index contributed by atoms with van der Waals surface area (Å²) in [5.74, 6) is 0.730. The number of nitrogens with zero attached hydrogens (tertiary/aromatic N) is 2. The summed E-state index contributed by atoms with van der Waals surface area (Å²) in [5.41, 5.74) is 2.31. The van der Waals surface area contributed by atoms with Crippen LogP contribution in [0.3, 0.4) is 0 Å². The van der Waals surface area contributed by atoms with Crippen molar-refractivity contribution in [3.63, 3.8) is 0 Å². The number of hydrogen-bond donors (Lipinski definition) is 2. The van der Waals surface area contributed by atoms with Crippen molar-refractivity contribution in [2.45, 2.75) is 25.3 Å². The van der Waals surface area contributed by atoms with Gasteiger partial charge in [0.2, 0.25) is 0 Å². The average molecular weight is 326 g/mol. The molecule has 1 aliphatic rings. The van der Waals surface area contributed by atoms with Crippen molar-refractivity contribution >= 4 is 23.8 Å². The van der Waals surface area contributed by atoms with E-state index < -0.39 is 0 Å². The first kappa shape index (κ1) is 16.7. The van der Waals surface area contributed by atoms with Crippen LogP contribution in [0.4, 0.5) is 4.79 Å². The molecule has 1 heterocycles. The SMILES string of the molecule is COC(=O)CSCCNC(=O)N[C@@H]1CCCc2c1cnn2C. The van der Waals surface area contributed by atoms with Crippen LogP contribution in [-0.2, 0) is 23.0 Å². The molecule has 7 nitrogen and oxygen atoms in total. The Morgan fingerprint density at radius 1 is 1.55 bits per heavy atom. The van der Waals surface area contributed by atoms with E-state index in [1.165, 1.54) is 24.6 Å². The van der Waals surface area contributed by atoms with Gasteiger partial charge in [-0.1, -0.05) is 0 Å². The lowest BCUT2D eigenvalue weighted by atomic mass is 9.93. The summed E-state index contributed by atoms with van der Waals surface area (Å²) in [6, 6.07) is -0.152. The van der Waals surface area contributed by atoms with Gasteiger partial charge >= 0.3 is 12.0 Å². The molecule has 0 fully saturated rings. The summed E-state index contributed by atoms with van der Waals surface area (Å²) in [5, 5.41) is 10.1. The van der Waals surface area contributed by atoms with Crippen LogP contribution in [0.25, 0.3) is 0 Å². The van der Waals surface area contributed by atoms with Crippen LogP contribution < -0.4 is 10.6 Å². The molecule has 0 saturated heterocycles. The summed E-state index contributed by atoms with van der Waals surface area (Å²) in [6.07, 6.45) is 4.83. The molecule has 122 valence electrons. The highest BCUT2D eigenvalue weighted by Gasteiger charge is 2.24. The molecule has 0 spiro atoms. The van der Waals surface area contributed by atoms with E-state index in [9.17, 15) is 9.59 Å². The van der Waals surface area contributed by atoms with Gasteiger partial charge in [0.05, 0.1) is 25.1 Å². The lowest BCUT2D eigenvalue weighted by Crippen LogP contribution is -2.40. The van der Waals surface area contributed by atoms with Crippen LogP contribution in [-0.4, -0.2) is 46.9 Å². The first-order valence-electron chi connectivity index (χ1n) is 7.31. The molecule has 2 amide bonds. The number of aryl methyl sites for hydroxylation is 1. The summed E-state index contributed by atoms with van der Waals surface area (Å²) in [4.78, 5) is 22.9. The third-order valence-electron chi connectivity index (χ3n) is 3.66. The Labute approximate surface area is 134 Å². The van der Waals surface area contributed by atoms with Crippen molar-refractivity contribution in [3.05, 3.63) is 17.5 Å². The van der Waals surface area contributed by atoms with Gasteiger partial charge in [-0.2, -0.15) is 5.10 Å². The number of aromatic nitrogens is 2. The zero-order valence-electron chi connectivity index (χ0n) is 12.9. The maximum Gasteiger partial charge on any atom is 0.315 e. The largest absolute Gasteiger partial charge is 0.468 e. The van der Waals surface area contributed by atoms with Crippen molar-refractivity contribution in [2.24, 2.45) is 7.05 Å². The Balaban J connectivity index is 1.71. The summed E-state index contributed by atoms with van der Waals surface area (Å²) >= 11 is 1.44. The quantitative estimate of drug-likeness (QED) is 0.602. The molecule has 0 aliphatic heterocycles. The number of amides is 2. The molecule has 0 unspecified atom stereocenters. The maximum absolute atomic E-state index is 11.9. The number of rotatable bonds is 6. The fourth-order valence-corrected chi connectivity index (χ4v) is 3.19. The third-order valence-corrected chi connectivity index (χ3v) is 4.59. The molecule has 1 aromatic heterocycles. The molecule has 0 aromatic carbocycles. The number of urea groups is 1. The van der Waals surface area contributed by atoms with Gasteiger partial charge in [-0.05, 0) is 19.3 Å². The van der Waals surface area contributed by atoms with Gasteiger partial charge in [0, 0.05) is 30.6 Å². The monoisotopic (exact) mass is 326 g/mol. The molecular formula is C14H22N4O3S. The molecule has 0 radical (unpaired) electrons. The van der Waals surface area contributed by atoms with Crippen LogP contribution in [0.2, 0.25) is 0 Å². The van der Waals surface area contributed by atoms with E-state index in [1.807, 2.05) is 17.9 Å². The maximum atomic E-state index is 11.9. The molecule has 2 rings (SSSR count). The lowest BCUT2D eigenvalue weighted by molar-refractivity contribution is -0.137. The van der Waals surface area contributed by atoms with E-state index in [1.54, 1.807) is 0 Å². The minimum Gasteiger partial charge on any atom is -0.468 e. The van der Waals surface area contributed by atoms with Crippen molar-refractivity contribution in [2.75, 3.05) is 25.2 Å². The number of carbonyl (C=O) groups excluding carboxylic acids is 2. The molecular weight excluding hydrogens is 304 g/mol. The first-order valence-corrected chi connectivity index (χ1v) is 8.47. The number of hydrogen-bond acceptors (Lipinski definition) is 5. The van der Waals surface area contributed by atoms with Gasteiger partial charge in [0.25, 0.3) is 0 Å². The predicted molar refractivity (Wildman–Crippen MR) is 84.8 cm³/mol. The van der Waals surface area contributed by atoms with Crippen molar-refractivity contribution < 1.29 is 14.3 Å². The normalized spacial score (nSPS) is 16.7. The van der Waals surface area contributed by atoms with E-state index in [0.29, 0.717) is 18.1 Å². The number of esters is 1. The van der Waals surface area contributed by atoms with E-state index in [4.69, 9.17) is 0 Å². The second-order valence-electron chi connectivity index (χ2n) is 5.14. The van der Waals surface area contributed by atoms with Crippen LogP contribution >= 0.6 is 11.8 Å². The van der Waals surface area contributed by atoms with Gasteiger partial charge in [0.15, 0.2) is 0 Å². The minimum atomic E-state index is -0.249. The third kappa shape index (κ3) is 4.40. The zero-order valence-corrected chi connectivity index (χ0v) is 13.7. The van der Waals surface area contributed by atoms with Crippen LogP contribution in [0, 0.1) is 0 Å². The minimum absolute atomic E-state index is 0.0279. The fraction of sp³-hybridized carbons (Fsp3) is 0.643. The zero-order chi connectivity index (χ0) is 15.9. The van der Waals surface area contributed by atoms with Gasteiger partial charge in [-0.25, -0.2) is 4.79 Å². The molecule has 2 N–H and O–H groups in total. The molecule has 0 bridgehead atoms. The Bertz CT molecular complexity index is 532. The number of thioether (sulfide) groups is 1. The van der Waals surface area contributed by atoms with E-state index >= 15 is 0 Å². The number of carbonyl (C=O) groups is 2. The highest BCUT2D eigenvalue weighted by Crippen LogP contribution is 2.28. The molecule has 1 aromatic rings. The first-order chi connectivity index (χ1) is 10.6. The molecule has 8 heteroatoms. The number of nitrogens with one attached hydrogen (secondary N) is 2. The van der Waals surface area contributed by atoms with Crippen LogP contribution in [0.5, 0.6) is 0 Å². The van der Waals surface area contributed by atoms with Gasteiger partial charge in [0.1, 0.15) is 0 Å². The highest BCUT2D eigenvalue weighted by atomic mass is 32.2. The summed E-state index contributed by atoms with van der Waals surface area (Å²) in [7, 11) is 3.30. The molecule has 22 heavy (non-hydrogen) atoms. The summed E-state index contributed by atoms with van der Waals surface area (Å²) < 4.78 is 6.43. The Hall–Kier alpha value is -1.70. The predicted octanol–water partition coefficient (Wildman–Crippen LogP) is 1.00. The van der Waals surface area contributed by atoms with Gasteiger partial charge in [-0.3, -0.25) is 9.48 Å². The van der Waals surface area contributed by atoms with Crippen LogP contribution in [0.15, 0.2) is 6.20 Å². The molecule has 1 atom stereocenters. The Morgan fingerprint density at radius 2 is 2.36 bits per heavy atom. The standard InChI is InChI=1S/C14H22N4O3S/c1-18-12-5-3-4-11(10(12)8-16-18)17-14(20)15-6-7-22-9-13(19)21-2/h8,11H,3-7,9H2,1-2H3,(H2,15,17,20)/t11-/m1/s1. The van der Waals surface area contributed by atoms with E-state index in [0.717, 1.165) is 24.8 Å². The van der Waals surface area contributed by atoms with E-state index in [2.05, 4.69) is 20.5 Å². The number of methoxy groups -OCH3 is 1. The Morgan fingerprint density at radius 3 is 3.14 bits per heavy atom. The lowest BCUT2D eigenvalue weighted by Gasteiger charge is -2.23. The number of ether oxygens (including phenoxy) is 1. The second-order valence-corrected chi connectivity index (χ2v) is 6.25. The van der Waals surface area contributed by atoms with Gasteiger partial charge in [-0.15, -0.1) is 11.8 Å². The van der Waals surface area contributed by atoms with Crippen molar-refractivity contribution in [3.8, 4) is 0 Å². The van der Waals surface area contributed by atoms with Crippen molar-refractivity contribution in [1.29, 1.82) is 0 Å². The molecule has 1 aliphatic carbocycles. The van der Waals surface area contributed by atoms with Gasteiger partial charge < -0.3 is 15.4 Å². The number of fused-ring (bicyclic) bond motifs is 1. The average Bonchev–Trinajstić information content (AvgIpc) is 2.89. The molecule has 0 saturated carbocycles. The second kappa shape index (κ2) is 8.07. The van der Waals surface area contributed by atoms with E-state index in [-0.39, 0.29) is 18.0 Å². The highest BCUT2D eigenvalue weighted by molar-refractivity contribution is 7.99. The summed E-state index contributed by atoms with van der Waals surface area (Å²) in [6.45, 7) is 0.514. The van der Waals surface area contributed by atoms with Crippen LogP contribution in [0.1, 0.15) is 30.1 Å². The smallest absolute Gasteiger partial charge is 0.315 e. The van der Waals surface area contributed by atoms with Crippen molar-refractivity contribution in [1.82, 2.24) is 20.4 Å². The topological polar surface area (TPSA) is 85.2 Å². The Kier molecular flexibility index (Phi) is 6.11. The fourth-order valence-electron chi connectivity index (χ4n) is 2.52.